The van der Waals surface area contributed by atoms with E-state index in [4.69, 9.17) is 4.98 Å². The molecule has 0 aliphatic carbocycles. The zero-order valence-corrected chi connectivity index (χ0v) is 22.5. The number of hydrogen-bond donors (Lipinski definition) is 2. The van der Waals surface area contributed by atoms with Gasteiger partial charge in [-0.2, -0.15) is 5.10 Å². The summed E-state index contributed by atoms with van der Waals surface area (Å²) in [5.74, 6) is 0. The van der Waals surface area contributed by atoms with E-state index in [1.165, 1.54) is 36.4 Å². The van der Waals surface area contributed by atoms with Crippen LogP contribution in [0.2, 0.25) is 0 Å². The van der Waals surface area contributed by atoms with Crippen molar-refractivity contribution in [1.82, 2.24) is 30.0 Å². The monoisotopic (exact) mass is 520 g/mol. The number of likely N-dealkylation sites (tertiary alicyclic amines) is 1. The Bertz CT molecular complexity index is 1630. The number of aromatic amines is 2. The minimum Gasteiger partial charge on any atom is -0.352 e. The van der Waals surface area contributed by atoms with Crippen molar-refractivity contribution in [2.24, 2.45) is 0 Å². The molecule has 6 nitrogen and oxygen atoms in total. The number of fused-ring (bicyclic) bond motifs is 2. The SMILES string of the molecule is C=C/C(=C\C(=C/C)c1cc2c(-c3cc4c(-c5cccs5)cncc4[nH]3)n[nH]c2cn1)CCCN1CCCC1. The molecule has 5 aromatic rings. The van der Waals surface area contributed by atoms with Crippen LogP contribution >= 0.6 is 11.3 Å². The van der Waals surface area contributed by atoms with E-state index < -0.39 is 0 Å². The van der Waals surface area contributed by atoms with Crippen LogP contribution in [-0.2, 0) is 0 Å². The highest BCUT2D eigenvalue weighted by Crippen LogP contribution is 2.35. The summed E-state index contributed by atoms with van der Waals surface area (Å²) in [6.07, 6.45) is 16.9. The van der Waals surface area contributed by atoms with Crippen molar-refractivity contribution < 1.29 is 0 Å². The Balaban J connectivity index is 1.30. The standard InChI is InChI=1S/C31H32N6S/c1-3-21(9-7-13-37-11-5-6-12-37)15-22(4-2)26-17-24-29(20-33-26)35-36-31(24)27-16-23-25(30-10-8-14-38-30)18-32-19-28(23)34-27/h3-4,8,10,14-20,34H,1,5-7,9,11-13H2,2H3,(H,35,36)/b21-15+,22-4+. The molecule has 1 aliphatic rings. The predicted molar refractivity (Wildman–Crippen MR) is 159 cm³/mol. The van der Waals surface area contributed by atoms with Gasteiger partial charge in [-0.25, -0.2) is 0 Å². The van der Waals surface area contributed by atoms with E-state index in [1.54, 1.807) is 11.3 Å². The van der Waals surface area contributed by atoms with Gasteiger partial charge in [-0.15, -0.1) is 11.3 Å². The lowest BCUT2D eigenvalue weighted by Crippen LogP contribution is -2.20. The molecular weight excluding hydrogens is 488 g/mol. The van der Waals surface area contributed by atoms with Crippen molar-refractivity contribution in [3.8, 4) is 21.8 Å². The maximum atomic E-state index is 4.76. The molecule has 1 fully saturated rings. The fourth-order valence-electron chi connectivity index (χ4n) is 5.34. The average Bonchev–Trinajstić information content (AvgIpc) is 3.76. The van der Waals surface area contributed by atoms with Gasteiger partial charge in [-0.3, -0.25) is 15.1 Å². The van der Waals surface area contributed by atoms with Crippen LogP contribution in [0.3, 0.4) is 0 Å². The van der Waals surface area contributed by atoms with Crippen molar-refractivity contribution in [3.05, 3.63) is 84.3 Å². The first kappa shape index (κ1) is 24.5. The Hall–Kier alpha value is -3.81. The highest BCUT2D eigenvalue weighted by Gasteiger charge is 2.16. The van der Waals surface area contributed by atoms with E-state index in [-0.39, 0.29) is 0 Å². The highest BCUT2D eigenvalue weighted by atomic mass is 32.1. The van der Waals surface area contributed by atoms with Gasteiger partial charge < -0.3 is 9.88 Å². The first-order valence-corrected chi connectivity index (χ1v) is 14.2. The van der Waals surface area contributed by atoms with Gasteiger partial charge in [0.05, 0.1) is 34.8 Å². The third kappa shape index (κ3) is 4.87. The zero-order valence-electron chi connectivity index (χ0n) is 21.7. The van der Waals surface area contributed by atoms with Crippen molar-refractivity contribution in [2.45, 2.75) is 32.6 Å². The van der Waals surface area contributed by atoms with Crippen molar-refractivity contribution in [3.63, 3.8) is 0 Å². The fourth-order valence-corrected chi connectivity index (χ4v) is 6.09. The number of thiophene rings is 1. The average molecular weight is 521 g/mol. The minimum atomic E-state index is 0.881. The first-order valence-electron chi connectivity index (χ1n) is 13.3. The van der Waals surface area contributed by atoms with E-state index >= 15 is 0 Å². The van der Waals surface area contributed by atoms with Crippen LogP contribution in [0.4, 0.5) is 0 Å². The molecule has 2 N–H and O–H groups in total. The number of aromatic nitrogens is 5. The Labute approximate surface area is 226 Å². The lowest BCUT2D eigenvalue weighted by molar-refractivity contribution is 0.334. The lowest BCUT2D eigenvalue weighted by atomic mass is 10.0. The first-order chi connectivity index (χ1) is 18.7. The summed E-state index contributed by atoms with van der Waals surface area (Å²) in [6.45, 7) is 9.79. The summed E-state index contributed by atoms with van der Waals surface area (Å²) in [5, 5.41) is 12.1. The molecule has 0 amide bonds. The Morgan fingerprint density at radius 2 is 2.03 bits per heavy atom. The molecule has 0 atom stereocenters. The van der Waals surface area contributed by atoms with E-state index in [9.17, 15) is 0 Å². The zero-order chi connectivity index (χ0) is 25.9. The van der Waals surface area contributed by atoms with Crippen molar-refractivity contribution in [2.75, 3.05) is 19.6 Å². The van der Waals surface area contributed by atoms with Crippen LogP contribution in [0.25, 0.3) is 49.2 Å². The molecule has 0 radical (unpaired) electrons. The molecule has 1 saturated heterocycles. The van der Waals surface area contributed by atoms with E-state index in [2.05, 4.69) is 80.4 Å². The lowest BCUT2D eigenvalue weighted by Gasteiger charge is -2.14. The van der Waals surface area contributed by atoms with Gasteiger partial charge in [0.15, 0.2) is 0 Å². The van der Waals surface area contributed by atoms with Gasteiger partial charge >= 0.3 is 0 Å². The van der Waals surface area contributed by atoms with Gasteiger partial charge in [0.25, 0.3) is 0 Å². The van der Waals surface area contributed by atoms with Crippen LogP contribution in [-0.4, -0.2) is 49.7 Å². The molecule has 0 unspecified atom stereocenters. The molecule has 6 heterocycles. The molecular formula is C31H32N6S. The van der Waals surface area contributed by atoms with E-state index in [1.807, 2.05) is 24.7 Å². The predicted octanol–water partition coefficient (Wildman–Crippen LogP) is 7.62. The van der Waals surface area contributed by atoms with Crippen molar-refractivity contribution >= 4 is 38.7 Å². The second-order valence-electron chi connectivity index (χ2n) is 9.82. The van der Waals surface area contributed by atoms with Gasteiger partial charge in [-0.05, 0) is 93.0 Å². The molecule has 6 rings (SSSR count). The van der Waals surface area contributed by atoms with E-state index in [0.29, 0.717) is 0 Å². The number of nitrogens with one attached hydrogen (secondary N) is 2. The third-order valence-corrected chi connectivity index (χ3v) is 8.29. The summed E-state index contributed by atoms with van der Waals surface area (Å²) in [6, 6.07) is 8.51. The molecule has 0 bridgehead atoms. The topological polar surface area (TPSA) is 73.5 Å². The summed E-state index contributed by atoms with van der Waals surface area (Å²) < 4.78 is 0. The number of allylic oxidation sites excluding steroid dienone is 5. The van der Waals surface area contributed by atoms with Crippen molar-refractivity contribution in [1.29, 1.82) is 0 Å². The molecule has 1 aliphatic heterocycles. The summed E-state index contributed by atoms with van der Waals surface area (Å²) >= 11 is 1.72. The Morgan fingerprint density at radius 3 is 2.82 bits per heavy atom. The molecule has 0 aromatic carbocycles. The second kappa shape index (κ2) is 10.9. The Kier molecular flexibility index (Phi) is 7.03. The number of rotatable bonds is 9. The minimum absolute atomic E-state index is 0.881. The van der Waals surface area contributed by atoms with Crippen LogP contribution in [0, 0.1) is 0 Å². The number of nitrogens with zero attached hydrogens (tertiary/aromatic N) is 4. The summed E-state index contributed by atoms with van der Waals surface area (Å²) in [5.41, 5.74) is 8.15. The smallest absolute Gasteiger partial charge is 0.116 e. The quantitative estimate of drug-likeness (QED) is 0.196. The number of hydrogen-bond acceptors (Lipinski definition) is 5. The fraction of sp³-hybridized carbons (Fsp3) is 0.258. The van der Waals surface area contributed by atoms with Crippen LogP contribution in [0.5, 0.6) is 0 Å². The summed E-state index contributed by atoms with van der Waals surface area (Å²) in [4.78, 5) is 16.5. The third-order valence-electron chi connectivity index (χ3n) is 7.38. The van der Waals surface area contributed by atoms with Crippen LogP contribution < -0.4 is 0 Å². The second-order valence-corrected chi connectivity index (χ2v) is 10.8. The molecule has 192 valence electrons. The highest BCUT2D eigenvalue weighted by molar-refractivity contribution is 7.13. The number of pyridine rings is 2. The molecule has 7 heteroatoms. The van der Waals surface area contributed by atoms with Gasteiger partial charge in [0.1, 0.15) is 5.69 Å². The van der Waals surface area contributed by atoms with Gasteiger partial charge in [0.2, 0.25) is 0 Å². The van der Waals surface area contributed by atoms with Crippen LogP contribution in [0.15, 0.2) is 78.6 Å². The molecule has 0 spiro atoms. The number of H-pyrrole nitrogens is 2. The Morgan fingerprint density at radius 1 is 1.13 bits per heavy atom. The molecule has 38 heavy (non-hydrogen) atoms. The van der Waals surface area contributed by atoms with Crippen LogP contribution in [0.1, 0.15) is 38.3 Å². The van der Waals surface area contributed by atoms with Gasteiger partial charge in [-0.1, -0.05) is 24.8 Å². The van der Waals surface area contributed by atoms with Gasteiger partial charge in [0, 0.05) is 27.4 Å². The maximum Gasteiger partial charge on any atom is 0.116 e. The normalized spacial score (nSPS) is 15.2. The molecule has 5 aromatic heterocycles. The maximum absolute atomic E-state index is 4.76. The van der Waals surface area contributed by atoms with E-state index in [0.717, 1.165) is 69.4 Å². The molecule has 0 saturated carbocycles. The largest absolute Gasteiger partial charge is 0.352 e. The summed E-state index contributed by atoms with van der Waals surface area (Å²) in [7, 11) is 0.